The molecule has 0 spiro atoms. The van der Waals surface area contributed by atoms with Crippen molar-refractivity contribution in [3.05, 3.63) is 28.4 Å². The zero-order valence-corrected chi connectivity index (χ0v) is 7.32. The smallest absolute Gasteiger partial charge is 0.326 e. The average Bonchev–Trinajstić information content (AvgIpc) is 1.94. The van der Waals surface area contributed by atoms with E-state index in [0.29, 0.717) is 6.54 Å². The lowest BCUT2D eigenvalue weighted by Gasteiger charge is -2.07. The molecule has 1 aromatic rings. The fraction of sp³-hybridized carbons (Fsp3) is 0.500. The second kappa shape index (κ2) is 3.49. The molecule has 0 aliphatic heterocycles. The molecule has 66 valence electrons. The molecule has 1 rings (SSSR count). The first-order valence-corrected chi connectivity index (χ1v) is 3.89. The molecular formula is C8H13N3O. The van der Waals surface area contributed by atoms with E-state index in [2.05, 4.69) is 4.98 Å². The van der Waals surface area contributed by atoms with Gasteiger partial charge in [0.05, 0.1) is 0 Å². The van der Waals surface area contributed by atoms with E-state index in [9.17, 15) is 4.79 Å². The van der Waals surface area contributed by atoms with Crippen LogP contribution >= 0.6 is 0 Å². The molecule has 0 radical (unpaired) electrons. The Hall–Kier alpha value is -1.16. The van der Waals surface area contributed by atoms with Gasteiger partial charge in [0.2, 0.25) is 0 Å². The van der Waals surface area contributed by atoms with E-state index >= 15 is 0 Å². The lowest BCUT2D eigenvalue weighted by molar-refractivity contribution is 0.561. The number of nitrogens with two attached hydrogens (primary N) is 1. The van der Waals surface area contributed by atoms with Gasteiger partial charge in [-0.15, -0.1) is 0 Å². The summed E-state index contributed by atoms with van der Waals surface area (Å²) in [5, 5.41) is 0. The molecule has 1 aromatic heterocycles. The van der Waals surface area contributed by atoms with Gasteiger partial charge in [-0.05, 0) is 19.9 Å². The van der Waals surface area contributed by atoms with Gasteiger partial charge >= 0.3 is 5.69 Å². The van der Waals surface area contributed by atoms with Gasteiger partial charge in [-0.2, -0.15) is 4.98 Å². The van der Waals surface area contributed by atoms with Crippen molar-refractivity contribution in [2.24, 2.45) is 5.73 Å². The summed E-state index contributed by atoms with van der Waals surface area (Å²) in [7, 11) is 0. The molecule has 12 heavy (non-hydrogen) atoms. The van der Waals surface area contributed by atoms with Gasteiger partial charge in [0.15, 0.2) is 0 Å². The van der Waals surface area contributed by atoms with Crippen LogP contribution in [0.25, 0.3) is 0 Å². The second-order valence-electron chi connectivity index (χ2n) is 2.98. The summed E-state index contributed by atoms with van der Waals surface area (Å²) in [6, 6.07) is 1.77. The van der Waals surface area contributed by atoms with E-state index in [1.54, 1.807) is 19.2 Å². The summed E-state index contributed by atoms with van der Waals surface area (Å²) < 4.78 is 1.51. The van der Waals surface area contributed by atoms with Crippen LogP contribution in [0, 0.1) is 6.92 Å². The maximum absolute atomic E-state index is 11.2. The topological polar surface area (TPSA) is 60.9 Å². The van der Waals surface area contributed by atoms with Gasteiger partial charge in [0.1, 0.15) is 0 Å². The maximum atomic E-state index is 11.2. The number of hydrogen-bond acceptors (Lipinski definition) is 3. The Bertz CT molecular complexity index is 316. The second-order valence-corrected chi connectivity index (χ2v) is 2.98. The predicted octanol–water partition coefficient (Wildman–Crippen LogP) is -0.101. The zero-order chi connectivity index (χ0) is 9.14. The molecule has 4 nitrogen and oxygen atoms in total. The van der Waals surface area contributed by atoms with Gasteiger partial charge in [-0.25, -0.2) is 4.79 Å². The molecule has 0 fully saturated rings. The Labute approximate surface area is 71.0 Å². The first kappa shape index (κ1) is 8.93. The first-order valence-electron chi connectivity index (χ1n) is 3.89. The van der Waals surface area contributed by atoms with Crippen molar-refractivity contribution >= 4 is 0 Å². The molecule has 0 amide bonds. The van der Waals surface area contributed by atoms with Gasteiger partial charge in [0, 0.05) is 24.5 Å². The van der Waals surface area contributed by atoms with Crippen molar-refractivity contribution in [2.45, 2.75) is 26.4 Å². The van der Waals surface area contributed by atoms with Crippen molar-refractivity contribution < 1.29 is 0 Å². The monoisotopic (exact) mass is 167 g/mol. The summed E-state index contributed by atoms with van der Waals surface area (Å²) in [5.41, 5.74) is 6.05. The minimum Gasteiger partial charge on any atom is -0.326 e. The zero-order valence-electron chi connectivity index (χ0n) is 7.32. The fourth-order valence-corrected chi connectivity index (χ4v) is 0.963. The van der Waals surface area contributed by atoms with E-state index in [-0.39, 0.29) is 11.7 Å². The number of rotatable bonds is 2. The number of aryl methyl sites for hydroxylation is 1. The Morgan fingerprint density at radius 1 is 1.75 bits per heavy atom. The number of hydrogen-bond donors (Lipinski definition) is 1. The Morgan fingerprint density at radius 2 is 2.42 bits per heavy atom. The van der Waals surface area contributed by atoms with Crippen LogP contribution in [0.4, 0.5) is 0 Å². The van der Waals surface area contributed by atoms with Gasteiger partial charge < -0.3 is 5.73 Å². The standard InChI is InChI=1S/C8H13N3O/c1-6(9)5-11-4-3-7(2)10-8(11)12/h3-4,6H,5,9H2,1-2H3. The summed E-state index contributed by atoms with van der Waals surface area (Å²) >= 11 is 0. The van der Waals surface area contributed by atoms with Crippen LogP contribution in [0.15, 0.2) is 17.1 Å². The minimum atomic E-state index is -0.229. The highest BCUT2D eigenvalue weighted by Gasteiger charge is 1.99. The van der Waals surface area contributed by atoms with E-state index in [4.69, 9.17) is 5.73 Å². The Morgan fingerprint density at radius 3 is 2.92 bits per heavy atom. The van der Waals surface area contributed by atoms with Crippen molar-refractivity contribution in [2.75, 3.05) is 0 Å². The minimum absolute atomic E-state index is 0.0211. The third-order valence-corrected chi connectivity index (χ3v) is 1.50. The van der Waals surface area contributed by atoms with Crippen LogP contribution in [0.5, 0.6) is 0 Å². The third-order valence-electron chi connectivity index (χ3n) is 1.50. The highest BCUT2D eigenvalue weighted by atomic mass is 16.1. The quantitative estimate of drug-likeness (QED) is 0.669. The van der Waals surface area contributed by atoms with E-state index < -0.39 is 0 Å². The lowest BCUT2D eigenvalue weighted by atomic mass is 10.3. The molecule has 2 N–H and O–H groups in total. The van der Waals surface area contributed by atoms with Crippen LogP contribution < -0.4 is 11.4 Å². The molecule has 0 bridgehead atoms. The van der Waals surface area contributed by atoms with E-state index in [1.165, 1.54) is 4.57 Å². The molecule has 0 aliphatic carbocycles. The van der Waals surface area contributed by atoms with Crippen molar-refractivity contribution in [3.8, 4) is 0 Å². The van der Waals surface area contributed by atoms with E-state index in [0.717, 1.165) is 5.69 Å². The summed E-state index contributed by atoms with van der Waals surface area (Å²) in [4.78, 5) is 15.0. The van der Waals surface area contributed by atoms with Gasteiger partial charge in [0.25, 0.3) is 0 Å². The highest BCUT2D eigenvalue weighted by Crippen LogP contribution is 1.87. The molecule has 1 unspecified atom stereocenters. The number of nitrogens with zero attached hydrogens (tertiary/aromatic N) is 2. The van der Waals surface area contributed by atoms with Crippen molar-refractivity contribution in [1.82, 2.24) is 9.55 Å². The van der Waals surface area contributed by atoms with E-state index in [1.807, 2.05) is 6.92 Å². The summed E-state index contributed by atoms with van der Waals surface area (Å²) in [6.07, 6.45) is 1.72. The third kappa shape index (κ3) is 2.17. The van der Waals surface area contributed by atoms with Crippen LogP contribution in [0.2, 0.25) is 0 Å². The molecule has 0 aliphatic rings. The Kier molecular flexibility index (Phi) is 2.60. The van der Waals surface area contributed by atoms with Crippen molar-refractivity contribution in [1.29, 1.82) is 0 Å². The van der Waals surface area contributed by atoms with Crippen LogP contribution in [-0.4, -0.2) is 15.6 Å². The molecular weight excluding hydrogens is 154 g/mol. The molecule has 1 heterocycles. The summed E-state index contributed by atoms with van der Waals surface area (Å²) in [5.74, 6) is 0. The predicted molar refractivity (Wildman–Crippen MR) is 46.9 cm³/mol. The molecule has 0 aromatic carbocycles. The van der Waals surface area contributed by atoms with Crippen LogP contribution in [0.3, 0.4) is 0 Å². The molecule has 4 heteroatoms. The SMILES string of the molecule is Cc1ccn(CC(C)N)c(=O)n1. The van der Waals surface area contributed by atoms with Crippen molar-refractivity contribution in [3.63, 3.8) is 0 Å². The highest BCUT2D eigenvalue weighted by molar-refractivity contribution is 4.95. The first-order chi connectivity index (χ1) is 5.59. The normalized spacial score (nSPS) is 12.9. The molecule has 1 atom stereocenters. The van der Waals surface area contributed by atoms with Gasteiger partial charge in [-0.3, -0.25) is 4.57 Å². The summed E-state index contributed by atoms with van der Waals surface area (Å²) in [6.45, 7) is 4.16. The van der Waals surface area contributed by atoms with Gasteiger partial charge in [-0.1, -0.05) is 0 Å². The van der Waals surface area contributed by atoms with Crippen LogP contribution in [-0.2, 0) is 6.54 Å². The van der Waals surface area contributed by atoms with Crippen LogP contribution in [0.1, 0.15) is 12.6 Å². The maximum Gasteiger partial charge on any atom is 0.347 e. The number of aromatic nitrogens is 2. The Balaban J connectivity index is 2.94. The fourth-order valence-electron chi connectivity index (χ4n) is 0.963. The average molecular weight is 167 g/mol. The lowest BCUT2D eigenvalue weighted by Crippen LogP contribution is -2.31. The molecule has 0 saturated carbocycles. The largest absolute Gasteiger partial charge is 0.347 e. The molecule has 0 saturated heterocycles.